The zero-order valence-corrected chi connectivity index (χ0v) is 14.9. The molecule has 0 aromatic carbocycles. The van der Waals surface area contributed by atoms with Crippen LogP contribution < -0.4 is 0 Å². The zero-order valence-electron chi connectivity index (χ0n) is 11.3. The number of carbonyl (C=O) groups excluding carboxylic acids is 3. The maximum absolute atomic E-state index is 12.2. The Kier molecular flexibility index (Phi) is 3.87. The molecule has 3 aliphatic rings. The summed E-state index contributed by atoms with van der Waals surface area (Å²) < 4.78 is 5.13. The average Bonchev–Trinajstić information content (AvgIpc) is 3.10. The third-order valence-corrected chi connectivity index (χ3v) is 18.3. The van der Waals surface area contributed by atoms with Crippen molar-refractivity contribution in [1.29, 1.82) is 0 Å². The fraction of sp³-hybridized carbons (Fsp3) is 0.750. The van der Waals surface area contributed by atoms with E-state index in [1.807, 2.05) is 0 Å². The van der Waals surface area contributed by atoms with Crippen LogP contribution in [0.4, 0.5) is 0 Å². The van der Waals surface area contributed by atoms with E-state index in [0.29, 0.717) is 38.9 Å². The molecule has 3 fully saturated rings. The summed E-state index contributed by atoms with van der Waals surface area (Å²) >= 11 is -4.13. The van der Waals surface area contributed by atoms with E-state index in [1.54, 1.807) is 9.36 Å². The van der Waals surface area contributed by atoms with Crippen molar-refractivity contribution < 1.29 is 14.4 Å². The van der Waals surface area contributed by atoms with Gasteiger partial charge in [-0.05, 0) is 0 Å². The van der Waals surface area contributed by atoms with E-state index in [9.17, 15) is 14.4 Å². The van der Waals surface area contributed by atoms with Crippen LogP contribution in [0.5, 0.6) is 0 Å². The van der Waals surface area contributed by atoms with E-state index >= 15 is 0 Å². The fourth-order valence-corrected chi connectivity index (χ4v) is 16.8. The molecule has 6 nitrogen and oxygen atoms in total. The van der Waals surface area contributed by atoms with E-state index in [-0.39, 0.29) is 17.7 Å². The maximum atomic E-state index is 12.2. The summed E-state index contributed by atoms with van der Waals surface area (Å²) in [6.45, 7) is 1.77. The van der Waals surface area contributed by atoms with Crippen molar-refractivity contribution in [2.24, 2.45) is 0 Å². The van der Waals surface area contributed by atoms with Crippen LogP contribution in [0.25, 0.3) is 0 Å². The molecule has 0 atom stereocenters. The van der Waals surface area contributed by atoms with Crippen LogP contribution >= 0.6 is 8.92 Å². The Morgan fingerprint density at radius 3 is 1.20 bits per heavy atom. The zero-order chi connectivity index (χ0) is 14.3. The Labute approximate surface area is 126 Å². The first-order chi connectivity index (χ1) is 9.55. The van der Waals surface area contributed by atoms with Crippen molar-refractivity contribution in [2.75, 3.05) is 19.6 Å². The summed E-state index contributed by atoms with van der Waals surface area (Å²) in [6.07, 6.45) is 3.76. The number of rotatable bonds is 3. The van der Waals surface area contributed by atoms with Gasteiger partial charge in [0.1, 0.15) is 0 Å². The predicted molar refractivity (Wildman–Crippen MR) is 74.4 cm³/mol. The molecule has 3 amide bonds. The van der Waals surface area contributed by atoms with E-state index < -0.39 is 18.1 Å². The van der Waals surface area contributed by atoms with Gasteiger partial charge >= 0.3 is 127 Å². The molecule has 0 N–H and O–H groups in total. The molecule has 0 aliphatic carbocycles. The van der Waals surface area contributed by atoms with Gasteiger partial charge in [-0.25, -0.2) is 0 Å². The molecule has 3 saturated heterocycles. The minimum atomic E-state index is -4.13. The van der Waals surface area contributed by atoms with E-state index in [1.165, 1.54) is 0 Å². The van der Waals surface area contributed by atoms with Gasteiger partial charge in [0.05, 0.1) is 0 Å². The van der Waals surface area contributed by atoms with Crippen LogP contribution in [0.3, 0.4) is 0 Å². The van der Waals surface area contributed by atoms with Gasteiger partial charge in [-0.3, -0.25) is 0 Å². The van der Waals surface area contributed by atoms with Crippen molar-refractivity contribution in [3.63, 3.8) is 0 Å². The second-order valence-electron chi connectivity index (χ2n) is 5.50. The normalized spacial score (nSPS) is 24.4. The molecule has 8 heteroatoms. The molecule has 110 valence electrons. The van der Waals surface area contributed by atoms with Crippen LogP contribution in [-0.4, -0.2) is 64.8 Å². The quantitative estimate of drug-likeness (QED) is 0.643. The molecular formula is C12H18ClN3O3Sn. The standard InChI is InChI=1S/3C4H7NO.ClH.Sn/c3*6-4-2-1-3-5-4;;/h3*1-3H2,(H,5,6);1H;/q;;;;+4/p-4. The van der Waals surface area contributed by atoms with E-state index in [2.05, 4.69) is 0 Å². The Morgan fingerprint density at radius 1 is 0.700 bits per heavy atom. The molecule has 0 spiro atoms. The predicted octanol–water partition coefficient (Wildman–Crippen LogP) is 0.528. The molecule has 3 heterocycles. The number of halogens is 1. The summed E-state index contributed by atoms with van der Waals surface area (Å²) in [5, 5.41) is 0. The number of amides is 3. The summed E-state index contributed by atoms with van der Waals surface area (Å²) in [6, 6.07) is 0. The summed E-state index contributed by atoms with van der Waals surface area (Å²) in [7, 11) is 6.97. The van der Waals surface area contributed by atoms with Gasteiger partial charge < -0.3 is 0 Å². The SMILES string of the molecule is O=C1CCC[N]1[Sn]([Cl])([N]1CCCC1=O)[N]1CCCC1=O. The third-order valence-electron chi connectivity index (χ3n) is 4.25. The Morgan fingerprint density at radius 2 is 1.00 bits per heavy atom. The fourth-order valence-electron chi connectivity index (χ4n) is 3.28. The Balaban J connectivity index is 1.99. The van der Waals surface area contributed by atoms with Crippen LogP contribution in [0, 0.1) is 0 Å². The van der Waals surface area contributed by atoms with E-state index in [4.69, 9.17) is 8.92 Å². The van der Waals surface area contributed by atoms with Crippen LogP contribution in [0.1, 0.15) is 38.5 Å². The van der Waals surface area contributed by atoms with Crippen molar-refractivity contribution in [2.45, 2.75) is 38.5 Å². The van der Waals surface area contributed by atoms with E-state index in [0.717, 1.165) is 19.3 Å². The molecule has 0 bridgehead atoms. The molecular weight excluding hydrogens is 388 g/mol. The molecule has 20 heavy (non-hydrogen) atoms. The Bertz CT molecular complexity index is 408. The van der Waals surface area contributed by atoms with Crippen molar-refractivity contribution in [3.8, 4) is 0 Å². The van der Waals surface area contributed by atoms with Gasteiger partial charge in [0, 0.05) is 0 Å². The minimum absolute atomic E-state index is 0.00944. The summed E-state index contributed by atoms with van der Waals surface area (Å²) in [5.41, 5.74) is 0. The molecule has 0 saturated carbocycles. The monoisotopic (exact) mass is 407 g/mol. The summed E-state index contributed by atoms with van der Waals surface area (Å²) in [5.74, 6) is 0.0283. The second kappa shape index (κ2) is 5.36. The van der Waals surface area contributed by atoms with Gasteiger partial charge in [0.2, 0.25) is 0 Å². The van der Waals surface area contributed by atoms with Gasteiger partial charge in [0.25, 0.3) is 0 Å². The third kappa shape index (κ3) is 2.11. The molecule has 0 radical (unpaired) electrons. The van der Waals surface area contributed by atoms with Gasteiger partial charge in [0.15, 0.2) is 0 Å². The molecule has 3 aliphatic heterocycles. The molecule has 3 rings (SSSR count). The van der Waals surface area contributed by atoms with Crippen molar-refractivity contribution >= 4 is 44.7 Å². The van der Waals surface area contributed by atoms with Gasteiger partial charge in [-0.1, -0.05) is 0 Å². The number of carbonyl (C=O) groups is 3. The van der Waals surface area contributed by atoms with Crippen LogP contribution in [0.15, 0.2) is 0 Å². The van der Waals surface area contributed by atoms with Crippen molar-refractivity contribution in [3.05, 3.63) is 0 Å². The molecule has 0 aromatic heterocycles. The first-order valence-electron chi connectivity index (χ1n) is 7.15. The van der Waals surface area contributed by atoms with Crippen LogP contribution in [0.2, 0.25) is 0 Å². The van der Waals surface area contributed by atoms with Gasteiger partial charge in [-0.15, -0.1) is 0 Å². The average molecular weight is 406 g/mol. The second-order valence-corrected chi connectivity index (χ2v) is 16.7. The van der Waals surface area contributed by atoms with Crippen molar-refractivity contribution in [1.82, 2.24) is 9.36 Å². The number of hydrogen-bond acceptors (Lipinski definition) is 3. The number of nitrogens with zero attached hydrogens (tertiary/aromatic N) is 3. The first kappa shape index (κ1) is 14.4. The van der Waals surface area contributed by atoms with Crippen LogP contribution in [-0.2, 0) is 14.4 Å². The number of hydrogen-bond donors (Lipinski definition) is 0. The first-order valence-corrected chi connectivity index (χ1v) is 14.6. The molecule has 0 unspecified atom stereocenters. The van der Waals surface area contributed by atoms with Gasteiger partial charge in [-0.2, -0.15) is 0 Å². The Hall–Kier alpha value is -0.501. The topological polar surface area (TPSA) is 60.9 Å². The summed E-state index contributed by atoms with van der Waals surface area (Å²) in [4.78, 5) is 36.5. The molecule has 0 aromatic rings.